The Hall–Kier alpha value is -1.43. The zero-order valence-electron chi connectivity index (χ0n) is 10.2. The van der Waals surface area contributed by atoms with E-state index in [2.05, 4.69) is 17.2 Å². The molecule has 1 fully saturated rings. The Labute approximate surface area is 109 Å². The first-order valence-electron chi connectivity index (χ1n) is 6.04. The fraction of sp³-hybridized carbons (Fsp3) is 0.583. The van der Waals surface area contributed by atoms with Crippen LogP contribution in [0.15, 0.2) is 6.20 Å². The highest BCUT2D eigenvalue weighted by molar-refractivity contribution is 7.13. The molecule has 0 unspecified atom stereocenters. The number of nitrogens with zero attached hydrogens (tertiary/aromatic N) is 1. The van der Waals surface area contributed by atoms with E-state index in [9.17, 15) is 9.59 Å². The van der Waals surface area contributed by atoms with Gasteiger partial charge in [-0.05, 0) is 25.7 Å². The highest BCUT2D eigenvalue weighted by Gasteiger charge is 2.50. The van der Waals surface area contributed by atoms with E-state index < -0.39 is 11.4 Å². The van der Waals surface area contributed by atoms with Crippen molar-refractivity contribution in [1.82, 2.24) is 10.3 Å². The molecule has 18 heavy (non-hydrogen) atoms. The summed E-state index contributed by atoms with van der Waals surface area (Å²) < 4.78 is 0. The van der Waals surface area contributed by atoms with Crippen LogP contribution in [0.4, 0.5) is 0 Å². The number of carboxylic acid groups (broad SMARTS) is 1. The second kappa shape index (κ2) is 5.06. The van der Waals surface area contributed by atoms with E-state index in [1.54, 1.807) is 6.20 Å². The van der Waals surface area contributed by atoms with Crippen molar-refractivity contribution in [2.45, 2.75) is 32.6 Å². The number of carbonyl (C=O) groups is 2. The lowest BCUT2D eigenvalue weighted by molar-refractivity contribution is -0.143. The van der Waals surface area contributed by atoms with Crippen LogP contribution in [0, 0.1) is 5.41 Å². The lowest BCUT2D eigenvalue weighted by Crippen LogP contribution is -2.33. The third kappa shape index (κ3) is 2.69. The largest absolute Gasteiger partial charge is 0.481 e. The van der Waals surface area contributed by atoms with Crippen molar-refractivity contribution in [2.75, 3.05) is 6.54 Å². The Morgan fingerprint density at radius 3 is 2.83 bits per heavy atom. The molecule has 0 atom stereocenters. The molecule has 2 rings (SSSR count). The Kier molecular flexibility index (Phi) is 3.65. The Balaban J connectivity index is 1.89. The molecular weight excluding hydrogens is 252 g/mol. The molecule has 1 aliphatic rings. The van der Waals surface area contributed by atoms with Crippen molar-refractivity contribution in [3.63, 3.8) is 0 Å². The first kappa shape index (κ1) is 13.0. The topological polar surface area (TPSA) is 79.3 Å². The summed E-state index contributed by atoms with van der Waals surface area (Å²) in [5.74, 6) is -1.04. The predicted octanol–water partition coefficient (Wildman–Crippen LogP) is 1.69. The molecule has 1 aromatic heterocycles. The first-order chi connectivity index (χ1) is 8.57. The van der Waals surface area contributed by atoms with E-state index in [0.29, 0.717) is 17.7 Å². The average molecular weight is 268 g/mol. The molecule has 1 aromatic rings. The van der Waals surface area contributed by atoms with Gasteiger partial charge in [-0.25, -0.2) is 4.98 Å². The maximum atomic E-state index is 11.8. The van der Waals surface area contributed by atoms with E-state index in [0.717, 1.165) is 17.8 Å². The summed E-state index contributed by atoms with van der Waals surface area (Å²) >= 11 is 1.37. The number of carbonyl (C=O) groups excluding carboxylic acids is 1. The fourth-order valence-electron chi connectivity index (χ4n) is 1.70. The molecule has 0 spiro atoms. The average Bonchev–Trinajstić information content (AvgIpc) is 3.00. The molecule has 2 N–H and O–H groups in total. The fourth-order valence-corrected chi connectivity index (χ4v) is 2.63. The van der Waals surface area contributed by atoms with Gasteiger partial charge >= 0.3 is 5.97 Å². The zero-order chi connectivity index (χ0) is 13.2. The van der Waals surface area contributed by atoms with E-state index in [1.165, 1.54) is 11.3 Å². The molecule has 1 aliphatic carbocycles. The number of thiazole rings is 1. The highest BCUT2D eigenvalue weighted by atomic mass is 32.1. The summed E-state index contributed by atoms with van der Waals surface area (Å²) in [4.78, 5) is 27.5. The zero-order valence-corrected chi connectivity index (χ0v) is 11.0. The summed E-state index contributed by atoms with van der Waals surface area (Å²) in [6.45, 7) is 2.27. The number of aromatic nitrogens is 1. The van der Waals surface area contributed by atoms with Gasteiger partial charge in [0, 0.05) is 6.54 Å². The molecule has 1 heterocycles. The maximum Gasteiger partial charge on any atom is 0.311 e. The van der Waals surface area contributed by atoms with Gasteiger partial charge in [-0.1, -0.05) is 6.92 Å². The van der Waals surface area contributed by atoms with Gasteiger partial charge in [0.05, 0.1) is 16.6 Å². The maximum absolute atomic E-state index is 11.8. The summed E-state index contributed by atoms with van der Waals surface area (Å²) in [6.07, 6.45) is 4.72. The number of rotatable bonds is 6. The van der Waals surface area contributed by atoms with E-state index in [1.807, 2.05) is 0 Å². The quantitative estimate of drug-likeness (QED) is 0.823. The number of amides is 1. The second-order valence-electron chi connectivity index (χ2n) is 4.64. The molecule has 0 aromatic carbocycles. The van der Waals surface area contributed by atoms with E-state index in [-0.39, 0.29) is 12.5 Å². The van der Waals surface area contributed by atoms with Crippen LogP contribution in [0.5, 0.6) is 0 Å². The number of carboxylic acids is 1. The van der Waals surface area contributed by atoms with Gasteiger partial charge in [-0.3, -0.25) is 9.59 Å². The molecule has 1 saturated carbocycles. The van der Waals surface area contributed by atoms with Crippen LogP contribution in [0.2, 0.25) is 0 Å². The van der Waals surface area contributed by atoms with Gasteiger partial charge in [0.1, 0.15) is 4.88 Å². The molecule has 0 saturated heterocycles. The highest BCUT2D eigenvalue weighted by Crippen LogP contribution is 2.45. The molecule has 0 radical (unpaired) electrons. The van der Waals surface area contributed by atoms with Crippen LogP contribution >= 0.6 is 11.3 Å². The Morgan fingerprint density at radius 2 is 2.28 bits per heavy atom. The minimum atomic E-state index is -0.821. The summed E-state index contributed by atoms with van der Waals surface area (Å²) in [6, 6.07) is 0. The van der Waals surface area contributed by atoms with Crippen LogP contribution in [0.1, 0.15) is 40.9 Å². The monoisotopic (exact) mass is 268 g/mol. The summed E-state index contributed by atoms with van der Waals surface area (Å²) in [7, 11) is 0. The Morgan fingerprint density at radius 1 is 1.56 bits per heavy atom. The van der Waals surface area contributed by atoms with Crippen molar-refractivity contribution in [1.29, 1.82) is 0 Å². The van der Waals surface area contributed by atoms with Crippen LogP contribution in [-0.4, -0.2) is 28.5 Å². The lowest BCUT2D eigenvalue weighted by Gasteiger charge is -2.09. The molecule has 5 nitrogen and oxygen atoms in total. The molecule has 1 amide bonds. The van der Waals surface area contributed by atoms with Crippen LogP contribution in [-0.2, 0) is 11.2 Å². The molecule has 6 heteroatoms. The van der Waals surface area contributed by atoms with Crippen molar-refractivity contribution in [3.8, 4) is 0 Å². The molecule has 0 bridgehead atoms. The SMILES string of the molecule is CCCc1ncc(C(=O)NCC2(C(=O)O)CC2)s1. The molecular formula is C12H16N2O3S. The van der Waals surface area contributed by atoms with Crippen molar-refractivity contribution in [3.05, 3.63) is 16.1 Å². The number of hydrogen-bond donors (Lipinski definition) is 2. The third-order valence-corrected chi connectivity index (χ3v) is 4.19. The van der Waals surface area contributed by atoms with E-state index in [4.69, 9.17) is 5.11 Å². The third-order valence-electron chi connectivity index (χ3n) is 3.14. The van der Waals surface area contributed by atoms with Crippen molar-refractivity contribution < 1.29 is 14.7 Å². The van der Waals surface area contributed by atoms with Gasteiger partial charge in [0.25, 0.3) is 5.91 Å². The van der Waals surface area contributed by atoms with Gasteiger partial charge in [-0.15, -0.1) is 11.3 Å². The van der Waals surface area contributed by atoms with Gasteiger partial charge < -0.3 is 10.4 Å². The van der Waals surface area contributed by atoms with E-state index >= 15 is 0 Å². The lowest BCUT2D eigenvalue weighted by atomic mass is 10.1. The van der Waals surface area contributed by atoms with Crippen LogP contribution in [0.3, 0.4) is 0 Å². The normalized spacial score (nSPS) is 16.3. The minimum Gasteiger partial charge on any atom is -0.481 e. The summed E-state index contributed by atoms with van der Waals surface area (Å²) in [5.41, 5.74) is -0.716. The smallest absolute Gasteiger partial charge is 0.311 e. The predicted molar refractivity (Wildman–Crippen MR) is 67.7 cm³/mol. The number of aryl methyl sites for hydroxylation is 1. The summed E-state index contributed by atoms with van der Waals surface area (Å²) in [5, 5.41) is 12.6. The van der Waals surface area contributed by atoms with Gasteiger partial charge in [-0.2, -0.15) is 0 Å². The van der Waals surface area contributed by atoms with Gasteiger partial charge in [0.15, 0.2) is 0 Å². The number of hydrogen-bond acceptors (Lipinski definition) is 4. The minimum absolute atomic E-state index is 0.210. The van der Waals surface area contributed by atoms with Crippen molar-refractivity contribution in [2.24, 2.45) is 5.41 Å². The Bertz CT molecular complexity index is 466. The second-order valence-corrected chi connectivity index (χ2v) is 5.75. The van der Waals surface area contributed by atoms with Crippen molar-refractivity contribution >= 4 is 23.2 Å². The molecule has 98 valence electrons. The first-order valence-corrected chi connectivity index (χ1v) is 6.85. The van der Waals surface area contributed by atoms with Crippen LogP contribution < -0.4 is 5.32 Å². The standard InChI is InChI=1S/C12H16N2O3S/c1-2-3-9-13-6-8(18-9)10(15)14-7-12(4-5-12)11(16)17/h6H,2-5,7H2,1H3,(H,14,15)(H,16,17). The van der Waals surface area contributed by atoms with Gasteiger partial charge in [0.2, 0.25) is 0 Å². The molecule has 0 aliphatic heterocycles. The number of nitrogens with one attached hydrogen (secondary N) is 1. The number of aliphatic carboxylic acids is 1. The van der Waals surface area contributed by atoms with Crippen LogP contribution in [0.25, 0.3) is 0 Å².